The second-order valence-corrected chi connectivity index (χ2v) is 6.23. The standard InChI is InChI=1S/C18H20N4O3/c1-11-5-6-23-12(2)10-24-17-9-19-8-16(20-17)18-14-7-13(25-11)3-4-15(14)21-22-18/h3-4,7-9,11-12H,5-6,10H2,1-2H3,(H,21,22)/t11-,12+/m0/s1. The molecule has 1 aromatic carbocycles. The van der Waals surface area contributed by atoms with E-state index in [9.17, 15) is 0 Å². The number of H-pyrrole nitrogens is 1. The molecule has 2 atom stereocenters. The second kappa shape index (κ2) is 6.68. The molecule has 3 heterocycles. The number of aromatic nitrogens is 4. The first kappa shape index (κ1) is 15.8. The molecule has 4 bridgehead atoms. The topological polar surface area (TPSA) is 82.2 Å². The fourth-order valence-electron chi connectivity index (χ4n) is 2.77. The molecule has 7 heteroatoms. The molecule has 0 amide bonds. The molecule has 0 spiro atoms. The Morgan fingerprint density at radius 2 is 2.08 bits per heavy atom. The van der Waals surface area contributed by atoms with Crippen LogP contribution in [0.4, 0.5) is 0 Å². The summed E-state index contributed by atoms with van der Waals surface area (Å²) in [6.07, 6.45) is 4.08. The average Bonchev–Trinajstić information content (AvgIpc) is 3.03. The van der Waals surface area contributed by atoms with Crippen LogP contribution in [0.2, 0.25) is 0 Å². The van der Waals surface area contributed by atoms with E-state index in [1.165, 1.54) is 0 Å². The van der Waals surface area contributed by atoms with Crippen molar-refractivity contribution in [1.29, 1.82) is 0 Å². The molecule has 0 saturated heterocycles. The maximum Gasteiger partial charge on any atom is 0.233 e. The summed E-state index contributed by atoms with van der Waals surface area (Å²) in [4.78, 5) is 8.74. The molecule has 7 nitrogen and oxygen atoms in total. The molecule has 1 aliphatic rings. The number of ether oxygens (including phenoxy) is 3. The van der Waals surface area contributed by atoms with E-state index in [2.05, 4.69) is 20.2 Å². The summed E-state index contributed by atoms with van der Waals surface area (Å²) in [5.41, 5.74) is 2.30. The number of fused-ring (bicyclic) bond motifs is 4. The molecule has 130 valence electrons. The minimum absolute atomic E-state index is 0.0408. The summed E-state index contributed by atoms with van der Waals surface area (Å²) in [6.45, 7) is 5.03. The number of hydrogen-bond acceptors (Lipinski definition) is 6. The molecular formula is C18H20N4O3. The first-order valence-corrected chi connectivity index (χ1v) is 8.40. The smallest absolute Gasteiger partial charge is 0.233 e. The normalized spacial score (nSPS) is 21.2. The summed E-state index contributed by atoms with van der Waals surface area (Å²) >= 11 is 0. The van der Waals surface area contributed by atoms with Crippen LogP contribution in [0.3, 0.4) is 0 Å². The Kier molecular flexibility index (Phi) is 4.23. The molecular weight excluding hydrogens is 320 g/mol. The lowest BCUT2D eigenvalue weighted by Crippen LogP contribution is -2.22. The second-order valence-electron chi connectivity index (χ2n) is 6.23. The molecule has 0 aliphatic carbocycles. The fourth-order valence-corrected chi connectivity index (χ4v) is 2.77. The highest BCUT2D eigenvalue weighted by Crippen LogP contribution is 2.29. The van der Waals surface area contributed by atoms with Crippen LogP contribution in [0.1, 0.15) is 20.3 Å². The van der Waals surface area contributed by atoms with E-state index in [0.717, 1.165) is 28.8 Å². The van der Waals surface area contributed by atoms with Crippen LogP contribution in [0.25, 0.3) is 22.3 Å². The summed E-state index contributed by atoms with van der Waals surface area (Å²) in [7, 11) is 0. The van der Waals surface area contributed by atoms with Crippen molar-refractivity contribution in [2.75, 3.05) is 13.2 Å². The Balaban J connectivity index is 1.78. The molecule has 3 aromatic rings. The van der Waals surface area contributed by atoms with Gasteiger partial charge in [-0.2, -0.15) is 5.10 Å². The molecule has 0 unspecified atom stereocenters. The van der Waals surface area contributed by atoms with Crippen molar-refractivity contribution in [2.45, 2.75) is 32.5 Å². The third kappa shape index (κ3) is 3.41. The van der Waals surface area contributed by atoms with Crippen molar-refractivity contribution >= 4 is 10.9 Å². The predicted molar refractivity (Wildman–Crippen MR) is 92.7 cm³/mol. The third-order valence-corrected chi connectivity index (χ3v) is 4.12. The van der Waals surface area contributed by atoms with Crippen molar-refractivity contribution < 1.29 is 14.2 Å². The Morgan fingerprint density at radius 3 is 3.00 bits per heavy atom. The zero-order chi connectivity index (χ0) is 17.2. The van der Waals surface area contributed by atoms with Gasteiger partial charge in [0, 0.05) is 11.8 Å². The van der Waals surface area contributed by atoms with Crippen molar-refractivity contribution in [1.82, 2.24) is 20.2 Å². The van der Waals surface area contributed by atoms with Crippen LogP contribution in [0.5, 0.6) is 11.6 Å². The van der Waals surface area contributed by atoms with Crippen LogP contribution in [-0.4, -0.2) is 45.6 Å². The van der Waals surface area contributed by atoms with E-state index in [1.807, 2.05) is 32.0 Å². The minimum Gasteiger partial charge on any atom is -0.491 e. The van der Waals surface area contributed by atoms with Gasteiger partial charge >= 0.3 is 0 Å². The maximum atomic E-state index is 6.02. The lowest BCUT2D eigenvalue weighted by Gasteiger charge is -2.17. The Morgan fingerprint density at radius 1 is 1.16 bits per heavy atom. The summed E-state index contributed by atoms with van der Waals surface area (Å²) < 4.78 is 17.5. The van der Waals surface area contributed by atoms with Crippen LogP contribution in [0.15, 0.2) is 30.6 Å². The quantitative estimate of drug-likeness (QED) is 0.677. The van der Waals surface area contributed by atoms with Gasteiger partial charge < -0.3 is 14.2 Å². The van der Waals surface area contributed by atoms with Crippen LogP contribution < -0.4 is 9.47 Å². The van der Waals surface area contributed by atoms with E-state index in [0.29, 0.717) is 24.8 Å². The van der Waals surface area contributed by atoms with E-state index < -0.39 is 0 Å². The van der Waals surface area contributed by atoms with Gasteiger partial charge in [0.2, 0.25) is 5.88 Å². The Bertz CT molecular complexity index is 880. The molecule has 4 rings (SSSR count). The van der Waals surface area contributed by atoms with Gasteiger partial charge in [-0.05, 0) is 32.0 Å². The minimum atomic E-state index is -0.0408. The van der Waals surface area contributed by atoms with Gasteiger partial charge in [0.15, 0.2) is 0 Å². The number of aromatic amines is 1. The monoisotopic (exact) mass is 340 g/mol. The van der Waals surface area contributed by atoms with E-state index in [1.54, 1.807) is 12.4 Å². The highest BCUT2D eigenvalue weighted by atomic mass is 16.5. The van der Waals surface area contributed by atoms with Crippen LogP contribution in [0, 0.1) is 0 Å². The third-order valence-electron chi connectivity index (χ3n) is 4.12. The van der Waals surface area contributed by atoms with Crippen molar-refractivity contribution in [2.24, 2.45) is 0 Å². The highest BCUT2D eigenvalue weighted by Gasteiger charge is 2.15. The number of nitrogens with zero attached hydrogens (tertiary/aromatic N) is 3. The van der Waals surface area contributed by atoms with Crippen molar-refractivity contribution in [3.05, 3.63) is 30.6 Å². The molecule has 1 N–H and O–H groups in total. The van der Waals surface area contributed by atoms with E-state index in [4.69, 9.17) is 14.2 Å². The van der Waals surface area contributed by atoms with E-state index in [-0.39, 0.29) is 12.2 Å². The van der Waals surface area contributed by atoms with Gasteiger partial charge in [-0.1, -0.05) is 0 Å². The highest BCUT2D eigenvalue weighted by molar-refractivity contribution is 5.92. The largest absolute Gasteiger partial charge is 0.491 e. The van der Waals surface area contributed by atoms with Gasteiger partial charge in [-0.15, -0.1) is 0 Å². The predicted octanol–water partition coefficient (Wildman–Crippen LogP) is 2.97. The SMILES string of the molecule is C[C@@H]1COc2cncc(n2)-c2n[nH]c3ccc(cc23)O[C@@H](C)CCO1. The van der Waals surface area contributed by atoms with E-state index >= 15 is 0 Å². The molecule has 25 heavy (non-hydrogen) atoms. The van der Waals surface area contributed by atoms with Gasteiger partial charge in [0.1, 0.15) is 23.7 Å². The van der Waals surface area contributed by atoms with Gasteiger partial charge in [-0.3, -0.25) is 10.1 Å². The van der Waals surface area contributed by atoms with Gasteiger partial charge in [0.05, 0.1) is 36.7 Å². The Hall–Kier alpha value is -2.67. The summed E-state index contributed by atoms with van der Waals surface area (Å²) in [5, 5.41) is 8.36. The fraction of sp³-hybridized carbons (Fsp3) is 0.389. The first-order chi connectivity index (χ1) is 12.2. The van der Waals surface area contributed by atoms with Gasteiger partial charge in [0.25, 0.3) is 0 Å². The lowest BCUT2D eigenvalue weighted by atomic mass is 10.1. The molecule has 2 aromatic heterocycles. The van der Waals surface area contributed by atoms with Crippen LogP contribution >= 0.6 is 0 Å². The molecule has 0 radical (unpaired) electrons. The van der Waals surface area contributed by atoms with Gasteiger partial charge in [-0.25, -0.2) is 4.98 Å². The average molecular weight is 340 g/mol. The van der Waals surface area contributed by atoms with Crippen LogP contribution in [-0.2, 0) is 4.74 Å². The lowest BCUT2D eigenvalue weighted by molar-refractivity contribution is 0.0179. The first-order valence-electron chi connectivity index (χ1n) is 8.40. The number of benzene rings is 1. The zero-order valence-electron chi connectivity index (χ0n) is 14.2. The van der Waals surface area contributed by atoms with Crippen molar-refractivity contribution in [3.63, 3.8) is 0 Å². The Labute approximate surface area is 145 Å². The number of hydrogen-bond donors (Lipinski definition) is 1. The summed E-state index contributed by atoms with van der Waals surface area (Å²) in [6, 6.07) is 5.87. The molecule has 0 fully saturated rings. The zero-order valence-corrected chi connectivity index (χ0v) is 14.2. The number of nitrogens with one attached hydrogen (secondary N) is 1. The number of rotatable bonds is 0. The summed E-state index contributed by atoms with van der Waals surface area (Å²) in [5.74, 6) is 1.26. The van der Waals surface area contributed by atoms with Crippen molar-refractivity contribution in [3.8, 4) is 23.0 Å². The molecule has 1 aliphatic heterocycles. The molecule has 0 saturated carbocycles. The maximum absolute atomic E-state index is 6.02.